The normalized spacial score (nSPS) is 12.6. The number of carbonyl (C=O) groups excluding carboxylic acids is 3. The van der Waals surface area contributed by atoms with Crippen molar-refractivity contribution in [2.45, 2.75) is 58.7 Å². The number of ether oxygens (including phenoxy) is 1. The molecule has 0 aliphatic heterocycles. The highest BCUT2D eigenvalue weighted by molar-refractivity contribution is 6.00. The van der Waals surface area contributed by atoms with Crippen LogP contribution < -0.4 is 10.6 Å². The van der Waals surface area contributed by atoms with Gasteiger partial charge in [-0.15, -0.1) is 0 Å². The Hall–Kier alpha value is -4.57. The zero-order chi connectivity index (χ0) is 31.0. The third kappa shape index (κ3) is 8.71. The van der Waals surface area contributed by atoms with E-state index >= 15 is 0 Å². The molecule has 0 saturated heterocycles. The van der Waals surface area contributed by atoms with E-state index in [9.17, 15) is 29.7 Å². The summed E-state index contributed by atoms with van der Waals surface area (Å²) in [7, 11) is 0. The Bertz CT molecular complexity index is 1360. The van der Waals surface area contributed by atoms with Crippen molar-refractivity contribution in [2.24, 2.45) is 0 Å². The van der Waals surface area contributed by atoms with Gasteiger partial charge < -0.3 is 35.6 Å². The smallest absolute Gasteiger partial charge is 0.408 e. The van der Waals surface area contributed by atoms with Gasteiger partial charge in [-0.2, -0.15) is 0 Å². The summed E-state index contributed by atoms with van der Waals surface area (Å²) in [5, 5.41) is 35.2. The predicted octanol–water partition coefficient (Wildman–Crippen LogP) is 4.35. The molecule has 0 aromatic heterocycles. The summed E-state index contributed by atoms with van der Waals surface area (Å²) >= 11 is 0. The number of para-hydroxylation sites is 1. The first-order valence-corrected chi connectivity index (χ1v) is 13.6. The summed E-state index contributed by atoms with van der Waals surface area (Å²) in [4.78, 5) is 42.2. The van der Waals surface area contributed by atoms with Gasteiger partial charge in [0.05, 0.1) is 6.61 Å². The molecule has 0 heterocycles. The van der Waals surface area contributed by atoms with Gasteiger partial charge in [-0.25, -0.2) is 4.79 Å². The molecule has 0 aliphatic rings. The molecule has 0 saturated carbocycles. The van der Waals surface area contributed by atoms with Gasteiger partial charge in [0.25, 0.3) is 5.91 Å². The van der Waals surface area contributed by atoms with Gasteiger partial charge in [0, 0.05) is 18.7 Å². The molecule has 2 unspecified atom stereocenters. The lowest BCUT2D eigenvalue weighted by Crippen LogP contribution is -2.53. The van der Waals surface area contributed by atoms with Crippen LogP contribution in [0, 0.1) is 13.8 Å². The summed E-state index contributed by atoms with van der Waals surface area (Å²) < 4.78 is 5.41. The lowest BCUT2D eigenvalue weighted by atomic mass is 9.99. The van der Waals surface area contributed by atoms with Crippen molar-refractivity contribution >= 4 is 23.6 Å². The van der Waals surface area contributed by atoms with Gasteiger partial charge in [-0.05, 0) is 81.1 Å². The fourth-order valence-electron chi connectivity index (χ4n) is 4.52. The number of nitrogens with zero attached hydrogens (tertiary/aromatic N) is 1. The van der Waals surface area contributed by atoms with E-state index in [4.69, 9.17) is 4.74 Å². The highest BCUT2D eigenvalue weighted by Crippen LogP contribution is 2.28. The lowest BCUT2D eigenvalue weighted by Gasteiger charge is -2.34. The molecular weight excluding hydrogens is 538 g/mol. The first-order chi connectivity index (χ1) is 19.8. The number of aromatic hydroxyl groups is 2. The molecule has 10 nitrogen and oxygen atoms in total. The number of hydrogen-bond acceptors (Lipinski definition) is 7. The molecule has 3 rings (SSSR count). The Balaban J connectivity index is 2.06. The number of nitrogens with one attached hydrogen (secondary N) is 2. The zero-order valence-corrected chi connectivity index (χ0v) is 24.5. The Morgan fingerprint density at radius 3 is 1.95 bits per heavy atom. The molecule has 0 radical (unpaired) electrons. The number of aliphatic hydroxyl groups excluding tert-OH is 1. The van der Waals surface area contributed by atoms with Crippen molar-refractivity contribution in [3.63, 3.8) is 0 Å². The van der Waals surface area contributed by atoms with Gasteiger partial charge >= 0.3 is 6.09 Å². The summed E-state index contributed by atoms with van der Waals surface area (Å²) in [6.07, 6.45) is -0.814. The summed E-state index contributed by atoms with van der Waals surface area (Å²) in [6.45, 7) is 8.10. The number of carbonyl (C=O) groups is 3. The van der Waals surface area contributed by atoms with E-state index < -0.39 is 42.2 Å². The number of phenols is 2. The first-order valence-electron chi connectivity index (χ1n) is 13.6. The molecule has 3 amide bonds. The zero-order valence-electron chi connectivity index (χ0n) is 24.5. The molecule has 0 fully saturated rings. The van der Waals surface area contributed by atoms with Crippen LogP contribution in [0.25, 0.3) is 0 Å². The van der Waals surface area contributed by atoms with E-state index in [0.717, 1.165) is 11.1 Å². The van der Waals surface area contributed by atoms with Crippen molar-refractivity contribution in [2.75, 3.05) is 18.5 Å². The second kappa shape index (κ2) is 13.9. The minimum atomic E-state index is -1.23. The number of hydrogen-bond donors (Lipinski definition) is 5. The maximum absolute atomic E-state index is 14.2. The predicted molar refractivity (Wildman–Crippen MR) is 159 cm³/mol. The quantitative estimate of drug-likeness (QED) is 0.241. The number of benzene rings is 3. The van der Waals surface area contributed by atoms with Crippen LogP contribution in [0.5, 0.6) is 11.5 Å². The highest BCUT2D eigenvalue weighted by atomic mass is 16.6. The van der Waals surface area contributed by atoms with Crippen LogP contribution >= 0.6 is 0 Å². The number of amides is 3. The second-order valence-electron chi connectivity index (χ2n) is 11.1. The first kappa shape index (κ1) is 32.0. The van der Waals surface area contributed by atoms with Crippen LogP contribution in [0.2, 0.25) is 0 Å². The van der Waals surface area contributed by atoms with E-state index in [1.807, 2.05) is 32.0 Å². The van der Waals surface area contributed by atoms with Crippen LogP contribution in [0.4, 0.5) is 10.5 Å². The average Bonchev–Trinajstić information content (AvgIpc) is 2.91. The molecule has 10 heteroatoms. The molecule has 0 spiro atoms. The Morgan fingerprint density at radius 1 is 0.881 bits per heavy atom. The highest BCUT2D eigenvalue weighted by Gasteiger charge is 2.36. The SMILES string of the molecule is Cc1cccc(C)c1NC(=O)C(c1ccc(O)cc1)N(CCO)C(=O)C(Cc1ccc(O)cc1)NC(=O)OC(C)(C)C. The van der Waals surface area contributed by atoms with Crippen LogP contribution in [-0.2, 0) is 20.7 Å². The number of aryl methyl sites for hydroxylation is 2. The van der Waals surface area contributed by atoms with E-state index in [2.05, 4.69) is 10.6 Å². The van der Waals surface area contributed by atoms with Gasteiger partial charge in [0.1, 0.15) is 29.2 Å². The molecular formula is C32H39N3O7. The summed E-state index contributed by atoms with van der Waals surface area (Å²) in [5.41, 5.74) is 2.43. The Kier molecular flexibility index (Phi) is 10.5. The lowest BCUT2D eigenvalue weighted by molar-refractivity contribution is -0.141. The van der Waals surface area contributed by atoms with Crippen LogP contribution in [0.15, 0.2) is 66.7 Å². The third-order valence-electron chi connectivity index (χ3n) is 6.49. The minimum absolute atomic E-state index is 0.0150. The van der Waals surface area contributed by atoms with Crippen LogP contribution in [0.1, 0.15) is 49.1 Å². The third-order valence-corrected chi connectivity index (χ3v) is 6.49. The fraction of sp³-hybridized carbons (Fsp3) is 0.344. The second-order valence-corrected chi connectivity index (χ2v) is 11.1. The maximum atomic E-state index is 14.2. The van der Waals surface area contributed by atoms with Crippen molar-refractivity contribution in [3.8, 4) is 11.5 Å². The summed E-state index contributed by atoms with van der Waals surface area (Å²) in [5.74, 6) is -1.16. The molecule has 0 bridgehead atoms. The van der Waals surface area contributed by atoms with E-state index in [0.29, 0.717) is 16.8 Å². The van der Waals surface area contributed by atoms with E-state index in [-0.39, 0.29) is 24.5 Å². The molecule has 42 heavy (non-hydrogen) atoms. The van der Waals surface area contributed by atoms with Gasteiger partial charge in [0.2, 0.25) is 5.91 Å². The fourth-order valence-corrected chi connectivity index (χ4v) is 4.52. The number of alkyl carbamates (subject to hydrolysis) is 1. The Labute approximate surface area is 245 Å². The molecule has 224 valence electrons. The topological polar surface area (TPSA) is 148 Å². The van der Waals surface area contributed by atoms with Crippen molar-refractivity contribution < 1.29 is 34.4 Å². The van der Waals surface area contributed by atoms with Gasteiger partial charge in [0.15, 0.2) is 0 Å². The molecule has 3 aromatic carbocycles. The van der Waals surface area contributed by atoms with Gasteiger partial charge in [-0.1, -0.05) is 42.5 Å². The van der Waals surface area contributed by atoms with Crippen LogP contribution in [-0.4, -0.2) is 62.9 Å². The number of anilines is 1. The molecule has 2 atom stereocenters. The van der Waals surface area contributed by atoms with E-state index in [1.54, 1.807) is 32.9 Å². The number of aliphatic hydroxyl groups is 1. The molecule has 0 aliphatic carbocycles. The number of rotatable bonds is 10. The maximum Gasteiger partial charge on any atom is 0.408 e. The van der Waals surface area contributed by atoms with Crippen LogP contribution in [0.3, 0.4) is 0 Å². The summed E-state index contributed by atoms with van der Waals surface area (Å²) in [6, 6.07) is 15.2. The van der Waals surface area contributed by atoms with Crippen molar-refractivity contribution in [3.05, 3.63) is 89.0 Å². The Morgan fingerprint density at radius 2 is 1.43 bits per heavy atom. The largest absolute Gasteiger partial charge is 0.508 e. The average molecular weight is 578 g/mol. The van der Waals surface area contributed by atoms with Crippen molar-refractivity contribution in [1.29, 1.82) is 0 Å². The van der Waals surface area contributed by atoms with E-state index in [1.165, 1.54) is 41.3 Å². The standard InChI is InChI=1S/C32H39N3O7/c1-20-7-6-8-21(2)27(20)34-29(39)28(23-11-15-25(38)16-12-23)35(17-18-36)30(40)26(33-31(41)42-32(3,4)5)19-22-9-13-24(37)14-10-22/h6-16,26,28,36-38H,17-19H2,1-5H3,(H,33,41)(H,34,39). The molecule has 5 N–H and O–H groups in total. The minimum Gasteiger partial charge on any atom is -0.508 e. The monoisotopic (exact) mass is 577 g/mol. The molecule has 3 aromatic rings. The van der Waals surface area contributed by atoms with Crippen molar-refractivity contribution in [1.82, 2.24) is 10.2 Å². The van der Waals surface area contributed by atoms with Gasteiger partial charge in [-0.3, -0.25) is 9.59 Å². The number of phenolic OH excluding ortho intramolecular Hbond substituents is 2.